The molecule has 0 aliphatic rings. The lowest BCUT2D eigenvalue weighted by atomic mass is 10.1. The molecule has 1 unspecified atom stereocenters. The summed E-state index contributed by atoms with van der Waals surface area (Å²) < 4.78 is 1.70. The summed E-state index contributed by atoms with van der Waals surface area (Å²) in [6.07, 6.45) is 0. The Morgan fingerprint density at radius 2 is 1.55 bits per heavy atom. The van der Waals surface area contributed by atoms with Crippen LogP contribution in [0.4, 0.5) is 0 Å². The van der Waals surface area contributed by atoms with Gasteiger partial charge in [-0.3, -0.25) is 14.2 Å². The summed E-state index contributed by atoms with van der Waals surface area (Å²) in [5.74, 6) is 0.230. The number of thioether (sulfide) groups is 1. The van der Waals surface area contributed by atoms with E-state index >= 15 is 0 Å². The van der Waals surface area contributed by atoms with Gasteiger partial charge < -0.3 is 0 Å². The molecule has 144 valence electrons. The first-order valence-electron chi connectivity index (χ1n) is 9.42. The van der Waals surface area contributed by atoms with Gasteiger partial charge in [0, 0.05) is 5.56 Å². The number of fused-ring (bicyclic) bond motifs is 1. The second-order valence-corrected chi connectivity index (χ2v) is 7.69. The number of rotatable bonds is 6. The molecule has 4 rings (SSSR count). The number of benzene rings is 3. The van der Waals surface area contributed by atoms with E-state index in [1.807, 2.05) is 73.7 Å². The fourth-order valence-corrected chi connectivity index (χ4v) is 4.26. The Bertz CT molecular complexity index is 1200. The molecule has 29 heavy (non-hydrogen) atoms. The average Bonchev–Trinajstić information content (AvgIpc) is 2.78. The van der Waals surface area contributed by atoms with Gasteiger partial charge in [0.2, 0.25) is 0 Å². The molecule has 1 heterocycles. The minimum atomic E-state index is -0.199. The number of nitrogens with zero attached hydrogens (tertiary/aromatic N) is 2. The lowest BCUT2D eigenvalue weighted by molar-refractivity contribution is 0.102. The van der Waals surface area contributed by atoms with Crippen LogP contribution >= 0.6 is 11.8 Å². The van der Waals surface area contributed by atoms with Crippen LogP contribution in [0.25, 0.3) is 10.9 Å². The van der Waals surface area contributed by atoms with Crippen molar-refractivity contribution in [1.29, 1.82) is 0 Å². The Balaban J connectivity index is 1.75. The standard InChI is InChI=1S/C24H20N2O2S/c1-17(18-10-4-2-5-11-18)26-23(28)20-14-8-9-15-21(20)25-24(26)29-16-22(27)19-12-6-3-7-13-19/h2-15,17H,16H2,1H3. The van der Waals surface area contributed by atoms with E-state index in [1.165, 1.54) is 11.8 Å². The van der Waals surface area contributed by atoms with Crippen LogP contribution in [0.5, 0.6) is 0 Å². The highest BCUT2D eigenvalue weighted by Gasteiger charge is 2.19. The number of Topliss-reactive ketones (excluding diaryl/α,β-unsaturated/α-hetero) is 1. The summed E-state index contributed by atoms with van der Waals surface area (Å²) in [6, 6.07) is 26.2. The topological polar surface area (TPSA) is 52.0 Å². The number of carbonyl (C=O) groups is 1. The number of hydrogen-bond acceptors (Lipinski definition) is 4. The molecule has 0 radical (unpaired) electrons. The predicted molar refractivity (Wildman–Crippen MR) is 118 cm³/mol. The normalized spacial score (nSPS) is 12.0. The third-order valence-corrected chi connectivity index (χ3v) is 5.83. The van der Waals surface area contributed by atoms with E-state index in [-0.39, 0.29) is 23.1 Å². The van der Waals surface area contributed by atoms with E-state index in [9.17, 15) is 9.59 Å². The lowest BCUT2D eigenvalue weighted by Gasteiger charge is -2.20. The number of ketones is 1. The molecular formula is C24H20N2O2S. The molecule has 0 bridgehead atoms. The molecule has 5 heteroatoms. The predicted octanol–water partition coefficient (Wildman–Crippen LogP) is 4.98. The zero-order chi connectivity index (χ0) is 20.2. The Labute approximate surface area is 173 Å². The first-order chi connectivity index (χ1) is 14.1. The Morgan fingerprint density at radius 1 is 0.931 bits per heavy atom. The molecule has 1 atom stereocenters. The van der Waals surface area contributed by atoms with Crippen molar-refractivity contribution >= 4 is 28.4 Å². The smallest absolute Gasteiger partial charge is 0.262 e. The monoisotopic (exact) mass is 400 g/mol. The van der Waals surface area contributed by atoms with Gasteiger partial charge in [-0.1, -0.05) is 84.6 Å². The quantitative estimate of drug-likeness (QED) is 0.260. The van der Waals surface area contributed by atoms with Crippen LogP contribution in [0, 0.1) is 0 Å². The van der Waals surface area contributed by atoms with Crippen molar-refractivity contribution in [3.8, 4) is 0 Å². The molecule has 4 nitrogen and oxygen atoms in total. The zero-order valence-electron chi connectivity index (χ0n) is 16.0. The van der Waals surface area contributed by atoms with Gasteiger partial charge in [0.1, 0.15) is 0 Å². The minimum absolute atomic E-state index is 0.0110. The molecule has 0 saturated carbocycles. The van der Waals surface area contributed by atoms with Crippen molar-refractivity contribution in [3.63, 3.8) is 0 Å². The highest BCUT2D eigenvalue weighted by atomic mass is 32.2. The van der Waals surface area contributed by atoms with Crippen LogP contribution in [-0.2, 0) is 0 Å². The molecule has 0 fully saturated rings. The average molecular weight is 401 g/mol. The fourth-order valence-electron chi connectivity index (χ4n) is 3.29. The van der Waals surface area contributed by atoms with E-state index in [2.05, 4.69) is 0 Å². The van der Waals surface area contributed by atoms with Crippen LogP contribution in [0.3, 0.4) is 0 Å². The van der Waals surface area contributed by atoms with Gasteiger partial charge in [0.25, 0.3) is 5.56 Å². The molecular weight excluding hydrogens is 380 g/mol. The summed E-state index contributed by atoms with van der Waals surface area (Å²) in [5, 5.41) is 1.13. The number of para-hydroxylation sites is 1. The molecule has 0 saturated heterocycles. The highest BCUT2D eigenvalue weighted by molar-refractivity contribution is 7.99. The second-order valence-electron chi connectivity index (χ2n) is 6.75. The van der Waals surface area contributed by atoms with Crippen molar-refractivity contribution in [2.75, 3.05) is 5.75 Å². The highest BCUT2D eigenvalue weighted by Crippen LogP contribution is 2.25. The molecule has 4 aromatic rings. The van der Waals surface area contributed by atoms with Crippen LogP contribution in [0.15, 0.2) is 94.9 Å². The minimum Gasteiger partial charge on any atom is -0.293 e. The molecule has 1 aromatic heterocycles. The van der Waals surface area contributed by atoms with Crippen LogP contribution < -0.4 is 5.56 Å². The summed E-state index contributed by atoms with van der Waals surface area (Å²) in [4.78, 5) is 30.6. The Morgan fingerprint density at radius 3 is 2.28 bits per heavy atom. The van der Waals surface area contributed by atoms with Gasteiger partial charge >= 0.3 is 0 Å². The maximum absolute atomic E-state index is 13.3. The summed E-state index contributed by atoms with van der Waals surface area (Å²) in [7, 11) is 0. The fraction of sp³-hybridized carbons (Fsp3) is 0.125. The second kappa shape index (κ2) is 8.45. The maximum Gasteiger partial charge on any atom is 0.262 e. The summed E-state index contributed by atoms with van der Waals surface area (Å²) in [5.41, 5.74) is 2.22. The molecule has 0 aliphatic carbocycles. The van der Waals surface area contributed by atoms with E-state index in [1.54, 1.807) is 22.8 Å². The third kappa shape index (κ3) is 4.00. The largest absolute Gasteiger partial charge is 0.293 e. The van der Waals surface area contributed by atoms with E-state index in [4.69, 9.17) is 4.98 Å². The number of aromatic nitrogens is 2. The zero-order valence-corrected chi connectivity index (χ0v) is 16.8. The maximum atomic E-state index is 13.3. The Kier molecular flexibility index (Phi) is 5.58. The van der Waals surface area contributed by atoms with Crippen molar-refractivity contribution in [3.05, 3.63) is 106 Å². The van der Waals surface area contributed by atoms with Crippen LogP contribution in [0.1, 0.15) is 28.9 Å². The van der Waals surface area contributed by atoms with E-state index in [0.29, 0.717) is 21.6 Å². The molecule has 0 amide bonds. The van der Waals surface area contributed by atoms with Gasteiger partial charge in [0.15, 0.2) is 10.9 Å². The SMILES string of the molecule is CC(c1ccccc1)n1c(SCC(=O)c2ccccc2)nc2ccccc2c1=O. The van der Waals surface area contributed by atoms with Crippen LogP contribution in [-0.4, -0.2) is 21.1 Å². The molecule has 0 aliphatic heterocycles. The summed E-state index contributed by atoms with van der Waals surface area (Å²) >= 11 is 1.30. The van der Waals surface area contributed by atoms with Crippen molar-refractivity contribution in [2.24, 2.45) is 0 Å². The van der Waals surface area contributed by atoms with Gasteiger partial charge in [-0.05, 0) is 24.6 Å². The van der Waals surface area contributed by atoms with Gasteiger partial charge in [-0.25, -0.2) is 4.98 Å². The lowest BCUT2D eigenvalue weighted by Crippen LogP contribution is -2.27. The number of hydrogen-bond donors (Lipinski definition) is 0. The van der Waals surface area contributed by atoms with Gasteiger partial charge in [0.05, 0.1) is 22.7 Å². The van der Waals surface area contributed by atoms with E-state index < -0.39 is 0 Å². The van der Waals surface area contributed by atoms with E-state index in [0.717, 1.165) is 5.56 Å². The van der Waals surface area contributed by atoms with Crippen molar-refractivity contribution in [2.45, 2.75) is 18.1 Å². The molecule has 3 aromatic carbocycles. The number of carbonyl (C=O) groups excluding carboxylic acids is 1. The van der Waals surface area contributed by atoms with Gasteiger partial charge in [-0.15, -0.1) is 0 Å². The van der Waals surface area contributed by atoms with Crippen LogP contribution in [0.2, 0.25) is 0 Å². The Hall–Kier alpha value is -3.18. The van der Waals surface area contributed by atoms with Crippen molar-refractivity contribution in [1.82, 2.24) is 9.55 Å². The molecule has 0 spiro atoms. The van der Waals surface area contributed by atoms with Gasteiger partial charge in [-0.2, -0.15) is 0 Å². The first-order valence-corrected chi connectivity index (χ1v) is 10.4. The molecule has 0 N–H and O–H groups in total. The first kappa shape index (κ1) is 19.2. The van der Waals surface area contributed by atoms with Crippen molar-refractivity contribution < 1.29 is 4.79 Å². The third-order valence-electron chi connectivity index (χ3n) is 4.87. The summed E-state index contributed by atoms with van der Waals surface area (Å²) in [6.45, 7) is 1.98.